The van der Waals surface area contributed by atoms with Gasteiger partial charge in [0.15, 0.2) is 0 Å². The van der Waals surface area contributed by atoms with Gasteiger partial charge in [-0.2, -0.15) is 0 Å². The zero-order valence-corrected chi connectivity index (χ0v) is 34.4. The highest BCUT2D eigenvalue weighted by molar-refractivity contribution is 5.69. The molecule has 1 saturated heterocycles. The minimum atomic E-state index is -0.00452. The molecular formula is C47H86N2O2. The number of hydrogen-bond acceptors (Lipinski definition) is 4. The highest BCUT2D eigenvalue weighted by Gasteiger charge is 2.16. The summed E-state index contributed by atoms with van der Waals surface area (Å²) in [6.07, 6.45) is 54.3. The van der Waals surface area contributed by atoms with Gasteiger partial charge < -0.3 is 14.5 Å². The quantitative estimate of drug-likeness (QED) is 0.0368. The number of allylic oxidation sites excluding steroid dienone is 8. The maximum Gasteiger partial charge on any atom is 0.307 e. The van der Waals surface area contributed by atoms with Crippen LogP contribution in [0.3, 0.4) is 0 Å². The Morgan fingerprint density at radius 2 is 0.941 bits per heavy atom. The lowest BCUT2D eigenvalue weighted by Gasteiger charge is -2.32. The number of nitrogens with zero attached hydrogens (tertiary/aromatic N) is 2. The lowest BCUT2D eigenvalue weighted by Crippen LogP contribution is -2.45. The monoisotopic (exact) mass is 711 g/mol. The number of piperazine rings is 1. The summed E-state index contributed by atoms with van der Waals surface area (Å²) in [6.45, 7) is 10.3. The van der Waals surface area contributed by atoms with E-state index in [9.17, 15) is 4.79 Å². The smallest absolute Gasteiger partial charge is 0.307 e. The molecule has 1 heterocycles. The predicted octanol–water partition coefficient (Wildman–Crippen LogP) is 13.6. The van der Waals surface area contributed by atoms with Gasteiger partial charge in [-0.1, -0.05) is 165 Å². The van der Waals surface area contributed by atoms with Crippen LogP contribution < -0.4 is 0 Å². The predicted molar refractivity (Wildman–Crippen MR) is 226 cm³/mol. The summed E-state index contributed by atoms with van der Waals surface area (Å²) in [4.78, 5) is 17.3. The van der Waals surface area contributed by atoms with Crippen LogP contribution in [0.1, 0.15) is 194 Å². The molecule has 1 fully saturated rings. The normalized spacial score (nSPS) is 14.8. The van der Waals surface area contributed by atoms with Crippen LogP contribution in [0.15, 0.2) is 48.6 Å². The van der Waals surface area contributed by atoms with Gasteiger partial charge in [0.05, 0.1) is 13.0 Å². The van der Waals surface area contributed by atoms with Crippen LogP contribution >= 0.6 is 0 Å². The first-order chi connectivity index (χ1) is 25.2. The average Bonchev–Trinajstić information content (AvgIpc) is 3.14. The van der Waals surface area contributed by atoms with Gasteiger partial charge in [0.2, 0.25) is 0 Å². The van der Waals surface area contributed by atoms with Crippen molar-refractivity contribution >= 4 is 5.97 Å². The van der Waals surface area contributed by atoms with E-state index in [1.54, 1.807) is 0 Å². The summed E-state index contributed by atoms with van der Waals surface area (Å²) in [5.41, 5.74) is 0. The molecular weight excluding hydrogens is 625 g/mol. The molecule has 0 unspecified atom stereocenters. The van der Waals surface area contributed by atoms with E-state index in [2.05, 4.69) is 79.3 Å². The second kappa shape index (κ2) is 38.1. The Hall–Kier alpha value is -1.65. The molecule has 1 rings (SSSR count). The number of carbonyl (C=O) groups is 1. The zero-order chi connectivity index (χ0) is 36.7. The number of unbranched alkanes of at least 4 members (excludes halogenated alkanes) is 18. The van der Waals surface area contributed by atoms with Crippen LogP contribution in [0.25, 0.3) is 0 Å². The Balaban J connectivity index is 2.19. The fraction of sp³-hybridized carbons (Fsp3) is 0.809. The maximum atomic E-state index is 12.5. The molecule has 0 saturated carbocycles. The molecule has 0 amide bonds. The first-order valence-electron chi connectivity index (χ1n) is 22.3. The minimum absolute atomic E-state index is 0.00452. The van der Waals surface area contributed by atoms with Crippen LogP contribution in [0.5, 0.6) is 0 Å². The van der Waals surface area contributed by atoms with E-state index in [0.717, 1.165) is 52.0 Å². The molecule has 1 aliphatic rings. The highest BCUT2D eigenvalue weighted by atomic mass is 16.5. The van der Waals surface area contributed by atoms with Gasteiger partial charge in [0.1, 0.15) is 0 Å². The fourth-order valence-corrected chi connectivity index (χ4v) is 7.01. The molecule has 0 atom stereocenters. The summed E-state index contributed by atoms with van der Waals surface area (Å²) in [6, 6.07) is 0. The first-order valence-corrected chi connectivity index (χ1v) is 22.3. The van der Waals surface area contributed by atoms with Gasteiger partial charge in [-0.25, -0.2) is 0 Å². The largest absolute Gasteiger partial charge is 0.466 e. The van der Waals surface area contributed by atoms with E-state index in [1.165, 1.54) is 154 Å². The Kier molecular flexibility index (Phi) is 35.4. The van der Waals surface area contributed by atoms with Crippen molar-refractivity contribution in [2.24, 2.45) is 5.92 Å². The standard InChI is InChI=1S/C47H86N2O2/c1-4-6-8-10-12-14-16-18-20-22-24-26-28-30-32-34-36-46(39-45-51-47(50)38-40-49-43-41-48(3)42-44-49)37-35-33-31-29-27-25-23-21-19-17-15-13-11-9-7-5-2/h12-15,18-21,46H,4-11,16-17,22-45H2,1-3H3/b14-12-,15-13-,20-18-,21-19-. The number of esters is 1. The summed E-state index contributed by atoms with van der Waals surface area (Å²) in [7, 11) is 2.17. The maximum absolute atomic E-state index is 12.5. The second-order valence-corrected chi connectivity index (χ2v) is 15.5. The molecule has 0 bridgehead atoms. The number of likely N-dealkylation sites (N-methyl/N-ethyl adjacent to an activating group) is 1. The Morgan fingerprint density at radius 3 is 1.39 bits per heavy atom. The third kappa shape index (κ3) is 33.9. The van der Waals surface area contributed by atoms with Crippen molar-refractivity contribution in [3.05, 3.63) is 48.6 Å². The Labute approximate surface area is 319 Å². The second-order valence-electron chi connectivity index (χ2n) is 15.5. The van der Waals surface area contributed by atoms with Gasteiger partial charge in [-0.3, -0.25) is 4.79 Å². The van der Waals surface area contributed by atoms with E-state index in [4.69, 9.17) is 4.74 Å². The van der Waals surface area contributed by atoms with Crippen LogP contribution in [0.4, 0.5) is 0 Å². The van der Waals surface area contributed by atoms with Crippen molar-refractivity contribution in [3.8, 4) is 0 Å². The molecule has 0 aliphatic carbocycles. The van der Waals surface area contributed by atoms with Gasteiger partial charge in [0.25, 0.3) is 0 Å². The summed E-state index contributed by atoms with van der Waals surface area (Å²) < 4.78 is 5.76. The molecule has 0 aromatic heterocycles. The molecule has 0 aromatic carbocycles. The molecule has 0 radical (unpaired) electrons. The molecule has 1 aliphatic heterocycles. The lowest BCUT2D eigenvalue weighted by molar-refractivity contribution is -0.144. The third-order valence-corrected chi connectivity index (χ3v) is 10.6. The zero-order valence-electron chi connectivity index (χ0n) is 34.4. The van der Waals surface area contributed by atoms with E-state index >= 15 is 0 Å². The molecule has 0 N–H and O–H groups in total. The van der Waals surface area contributed by atoms with Crippen LogP contribution in [0.2, 0.25) is 0 Å². The summed E-state index contributed by atoms with van der Waals surface area (Å²) in [5.74, 6) is 0.696. The van der Waals surface area contributed by atoms with Crippen molar-refractivity contribution in [1.82, 2.24) is 9.80 Å². The average molecular weight is 711 g/mol. The molecule has 4 nitrogen and oxygen atoms in total. The first kappa shape index (κ1) is 47.4. The molecule has 0 spiro atoms. The van der Waals surface area contributed by atoms with Crippen molar-refractivity contribution in [2.75, 3.05) is 46.4 Å². The van der Waals surface area contributed by atoms with Crippen LogP contribution in [-0.2, 0) is 9.53 Å². The van der Waals surface area contributed by atoms with Gasteiger partial charge >= 0.3 is 5.97 Å². The number of hydrogen-bond donors (Lipinski definition) is 0. The van der Waals surface area contributed by atoms with Gasteiger partial charge in [-0.15, -0.1) is 0 Å². The molecule has 51 heavy (non-hydrogen) atoms. The lowest BCUT2D eigenvalue weighted by atomic mass is 9.91. The fourth-order valence-electron chi connectivity index (χ4n) is 7.01. The summed E-state index contributed by atoms with van der Waals surface area (Å²) >= 11 is 0. The number of rotatable bonds is 36. The van der Waals surface area contributed by atoms with Crippen molar-refractivity contribution < 1.29 is 9.53 Å². The van der Waals surface area contributed by atoms with E-state index < -0.39 is 0 Å². The Bertz CT molecular complexity index is 806. The number of ether oxygens (including phenoxy) is 1. The SMILES string of the molecule is CCCCC/C=C\C/C=C\CCCCCCCCC(CCCCCCCC/C=C\C/C=C\CCCCC)CCOC(=O)CCN1CCN(C)CC1. The van der Waals surface area contributed by atoms with Crippen LogP contribution in [-0.4, -0.2) is 62.1 Å². The van der Waals surface area contributed by atoms with E-state index in [1.807, 2.05) is 0 Å². The van der Waals surface area contributed by atoms with Gasteiger partial charge in [0, 0.05) is 32.7 Å². The topological polar surface area (TPSA) is 32.8 Å². The molecule has 0 aromatic rings. The van der Waals surface area contributed by atoms with Crippen molar-refractivity contribution in [1.29, 1.82) is 0 Å². The summed E-state index contributed by atoms with van der Waals surface area (Å²) in [5, 5.41) is 0. The molecule has 4 heteroatoms. The van der Waals surface area contributed by atoms with E-state index in [0.29, 0.717) is 18.9 Å². The van der Waals surface area contributed by atoms with Crippen LogP contribution in [0, 0.1) is 5.92 Å². The Morgan fingerprint density at radius 1 is 0.529 bits per heavy atom. The number of carbonyl (C=O) groups excluding carboxylic acids is 1. The van der Waals surface area contributed by atoms with Crippen molar-refractivity contribution in [2.45, 2.75) is 194 Å². The van der Waals surface area contributed by atoms with Crippen molar-refractivity contribution in [3.63, 3.8) is 0 Å². The van der Waals surface area contributed by atoms with Gasteiger partial charge in [-0.05, 0) is 83.6 Å². The highest BCUT2D eigenvalue weighted by Crippen LogP contribution is 2.23. The minimum Gasteiger partial charge on any atom is -0.466 e. The third-order valence-electron chi connectivity index (χ3n) is 10.6. The van der Waals surface area contributed by atoms with E-state index in [-0.39, 0.29) is 5.97 Å². The molecule has 296 valence electrons.